The first kappa shape index (κ1) is 30.1. The first-order valence-electron chi connectivity index (χ1n) is 13.5. The van der Waals surface area contributed by atoms with Crippen LogP contribution in [0.15, 0.2) is 41.4 Å². The Bertz CT molecular complexity index is 1510. The number of fused-ring (bicyclic) bond motifs is 2. The number of thiophene rings is 1. The zero-order valence-electron chi connectivity index (χ0n) is 23.0. The Balaban J connectivity index is 1.26. The molecule has 0 radical (unpaired) electrons. The predicted molar refractivity (Wildman–Crippen MR) is 152 cm³/mol. The van der Waals surface area contributed by atoms with Crippen molar-refractivity contribution in [3.8, 4) is 0 Å². The summed E-state index contributed by atoms with van der Waals surface area (Å²) in [5.41, 5.74) is 1.37. The van der Waals surface area contributed by atoms with Crippen molar-refractivity contribution in [1.29, 1.82) is 0 Å². The molecule has 13 heteroatoms. The van der Waals surface area contributed by atoms with Gasteiger partial charge >= 0.3 is 6.18 Å². The number of sulfone groups is 1. The van der Waals surface area contributed by atoms with Crippen molar-refractivity contribution in [2.24, 2.45) is 0 Å². The average molecular weight is 628 g/mol. The number of halogens is 3. The van der Waals surface area contributed by atoms with Crippen LogP contribution >= 0.6 is 22.7 Å². The highest BCUT2D eigenvalue weighted by molar-refractivity contribution is 7.91. The van der Waals surface area contributed by atoms with Crippen LogP contribution in [0.2, 0.25) is 0 Å². The second-order valence-corrected chi connectivity index (χ2v) is 15.0. The number of benzene rings is 1. The van der Waals surface area contributed by atoms with Crippen molar-refractivity contribution in [3.63, 3.8) is 0 Å². The highest BCUT2D eigenvalue weighted by atomic mass is 32.2. The normalized spacial score (nSPS) is 20.1. The molecule has 1 saturated heterocycles. The fourth-order valence-corrected chi connectivity index (χ4v) is 8.58. The summed E-state index contributed by atoms with van der Waals surface area (Å²) in [4.78, 5) is 21.3. The van der Waals surface area contributed by atoms with E-state index < -0.39 is 26.6 Å². The van der Waals surface area contributed by atoms with Crippen molar-refractivity contribution in [1.82, 2.24) is 15.2 Å². The summed E-state index contributed by atoms with van der Waals surface area (Å²) < 4.78 is 69.8. The zero-order chi connectivity index (χ0) is 29.6. The summed E-state index contributed by atoms with van der Waals surface area (Å²) >= 11 is 2.13. The van der Waals surface area contributed by atoms with Crippen LogP contribution in [-0.4, -0.2) is 49.2 Å². The molecule has 4 heterocycles. The Morgan fingerprint density at radius 2 is 1.90 bits per heavy atom. The molecular formula is C28H32F3N3O4S3. The molecule has 41 heavy (non-hydrogen) atoms. The number of hydrogen-bond donors (Lipinski definition) is 1. The lowest BCUT2D eigenvalue weighted by molar-refractivity contribution is -0.137. The maximum Gasteiger partial charge on any atom is 0.443 e. The van der Waals surface area contributed by atoms with Gasteiger partial charge in [0, 0.05) is 41.6 Å². The molecule has 1 amide bonds. The molecule has 2 aromatic heterocycles. The lowest BCUT2D eigenvalue weighted by atomic mass is 9.83. The summed E-state index contributed by atoms with van der Waals surface area (Å²) in [6.45, 7) is 7.10. The third kappa shape index (κ3) is 6.24. The van der Waals surface area contributed by atoms with E-state index in [2.05, 4.69) is 15.2 Å². The van der Waals surface area contributed by atoms with Crippen LogP contribution < -0.4 is 5.32 Å². The number of nitrogens with one attached hydrogen (secondary N) is 1. The number of carbonyl (C=O) groups is 1. The van der Waals surface area contributed by atoms with Gasteiger partial charge in [-0.2, -0.15) is 13.2 Å². The lowest BCUT2D eigenvalue weighted by Crippen LogP contribution is -2.48. The maximum absolute atomic E-state index is 13.1. The van der Waals surface area contributed by atoms with Gasteiger partial charge in [-0.1, -0.05) is 19.1 Å². The van der Waals surface area contributed by atoms with E-state index >= 15 is 0 Å². The van der Waals surface area contributed by atoms with Gasteiger partial charge in [-0.15, -0.1) is 22.7 Å². The molecular weight excluding hydrogens is 596 g/mol. The third-order valence-corrected chi connectivity index (χ3v) is 12.2. The largest absolute Gasteiger partial charge is 0.443 e. The van der Waals surface area contributed by atoms with E-state index in [-0.39, 0.29) is 35.2 Å². The van der Waals surface area contributed by atoms with Crippen LogP contribution in [0, 0.1) is 0 Å². The number of piperidine rings is 1. The molecule has 1 unspecified atom stereocenters. The van der Waals surface area contributed by atoms with Crippen LogP contribution in [0.4, 0.5) is 13.2 Å². The SMILES string of the molecule is CCS(=O)(=O)c1ccc(CNC(=O)c2cc3c(s2)C2(CCN(C(C)c4cnc(C(F)(F)F)s4)CC2)O[C@@H](C)C3)cc1. The van der Waals surface area contributed by atoms with E-state index in [0.29, 0.717) is 53.4 Å². The molecule has 0 bridgehead atoms. The van der Waals surface area contributed by atoms with Gasteiger partial charge in [-0.05, 0) is 62.4 Å². The Morgan fingerprint density at radius 1 is 1.22 bits per heavy atom. The van der Waals surface area contributed by atoms with Gasteiger partial charge in [0.15, 0.2) is 14.8 Å². The van der Waals surface area contributed by atoms with Crippen LogP contribution in [0.5, 0.6) is 0 Å². The molecule has 0 aliphatic carbocycles. The highest BCUT2D eigenvalue weighted by Gasteiger charge is 2.45. The summed E-state index contributed by atoms with van der Waals surface area (Å²) in [6, 6.07) is 8.28. The molecule has 1 N–H and O–H groups in total. The van der Waals surface area contributed by atoms with Crippen LogP contribution in [0.3, 0.4) is 0 Å². The number of ether oxygens (including phenoxy) is 1. The molecule has 0 saturated carbocycles. The number of aromatic nitrogens is 1. The van der Waals surface area contributed by atoms with E-state index in [4.69, 9.17) is 4.74 Å². The van der Waals surface area contributed by atoms with Gasteiger partial charge in [0.25, 0.3) is 5.91 Å². The van der Waals surface area contributed by atoms with Gasteiger partial charge in [0.2, 0.25) is 0 Å². The number of hydrogen-bond acceptors (Lipinski definition) is 8. The minimum absolute atomic E-state index is 0.0225. The van der Waals surface area contributed by atoms with Crippen molar-refractivity contribution in [3.05, 3.63) is 67.3 Å². The number of thiazole rings is 1. The van der Waals surface area contributed by atoms with Crippen molar-refractivity contribution in [2.75, 3.05) is 18.8 Å². The lowest BCUT2D eigenvalue weighted by Gasteiger charge is -2.46. The van der Waals surface area contributed by atoms with Gasteiger partial charge in [-0.3, -0.25) is 9.69 Å². The van der Waals surface area contributed by atoms with E-state index in [1.165, 1.54) is 17.5 Å². The molecule has 1 spiro atoms. The number of carbonyl (C=O) groups excluding carboxylic acids is 1. The number of rotatable bonds is 7. The monoisotopic (exact) mass is 627 g/mol. The van der Waals surface area contributed by atoms with Crippen LogP contribution in [0.25, 0.3) is 0 Å². The molecule has 222 valence electrons. The summed E-state index contributed by atoms with van der Waals surface area (Å²) in [6.07, 6.45) is -1.09. The molecule has 1 fully saturated rings. The molecule has 2 aliphatic rings. The Kier molecular flexibility index (Phi) is 8.38. The van der Waals surface area contributed by atoms with E-state index in [1.54, 1.807) is 31.2 Å². The molecule has 2 aliphatic heterocycles. The quantitative estimate of drug-likeness (QED) is 0.348. The molecule has 7 nitrogen and oxygen atoms in total. The Morgan fingerprint density at radius 3 is 2.51 bits per heavy atom. The second kappa shape index (κ2) is 11.4. The second-order valence-electron chi connectivity index (χ2n) is 10.6. The third-order valence-electron chi connectivity index (χ3n) is 7.83. The van der Waals surface area contributed by atoms with Gasteiger partial charge < -0.3 is 10.1 Å². The summed E-state index contributed by atoms with van der Waals surface area (Å²) in [5.74, 6) is -0.170. The minimum atomic E-state index is -4.44. The summed E-state index contributed by atoms with van der Waals surface area (Å²) in [7, 11) is -3.28. The Labute approximate surface area is 245 Å². The average Bonchev–Trinajstić information content (AvgIpc) is 3.61. The smallest absolute Gasteiger partial charge is 0.366 e. The van der Waals surface area contributed by atoms with E-state index in [0.717, 1.165) is 16.0 Å². The minimum Gasteiger partial charge on any atom is -0.366 e. The van der Waals surface area contributed by atoms with Crippen LogP contribution in [0.1, 0.15) is 75.2 Å². The zero-order valence-corrected chi connectivity index (χ0v) is 25.4. The van der Waals surface area contributed by atoms with Gasteiger partial charge in [0.05, 0.1) is 21.6 Å². The van der Waals surface area contributed by atoms with E-state index in [1.807, 2.05) is 19.9 Å². The van der Waals surface area contributed by atoms with E-state index in [9.17, 15) is 26.4 Å². The van der Waals surface area contributed by atoms with Crippen molar-refractivity contribution < 1.29 is 31.1 Å². The first-order valence-corrected chi connectivity index (χ1v) is 16.8. The van der Waals surface area contributed by atoms with Crippen LogP contribution in [-0.2, 0) is 39.3 Å². The number of alkyl halides is 3. The molecule has 5 rings (SSSR count). The summed E-state index contributed by atoms with van der Waals surface area (Å²) in [5, 5.41) is 2.11. The molecule has 2 atom stereocenters. The van der Waals surface area contributed by atoms with Gasteiger partial charge in [-0.25, -0.2) is 13.4 Å². The first-order chi connectivity index (χ1) is 19.3. The van der Waals surface area contributed by atoms with Crippen molar-refractivity contribution in [2.45, 2.75) is 75.4 Å². The fraction of sp³-hybridized carbons (Fsp3) is 0.500. The number of likely N-dealkylation sites (tertiary alicyclic amines) is 1. The Hall–Kier alpha value is -2.32. The maximum atomic E-state index is 13.1. The predicted octanol–water partition coefficient (Wildman–Crippen LogP) is 5.96. The highest BCUT2D eigenvalue weighted by Crippen LogP contribution is 2.48. The molecule has 3 aromatic rings. The number of amides is 1. The molecule has 1 aromatic carbocycles. The number of nitrogens with zero attached hydrogens (tertiary/aromatic N) is 2. The fourth-order valence-electron chi connectivity index (χ4n) is 5.53. The van der Waals surface area contributed by atoms with Gasteiger partial charge in [0.1, 0.15) is 5.60 Å². The standard InChI is InChI=1S/C28H32F3N3O4S3/c1-4-41(36,37)21-7-5-19(6-8-21)15-32-25(35)22-14-20-13-17(2)38-27(24(20)39-22)9-11-34(12-10-27)18(3)23-16-33-26(40-23)28(29,30)31/h5-8,14,16-18H,4,9-13,15H2,1-3H3,(H,32,35)/t17-,18?/m0/s1. The van der Waals surface area contributed by atoms with Crippen molar-refractivity contribution >= 4 is 38.4 Å². The topological polar surface area (TPSA) is 88.6 Å².